The summed E-state index contributed by atoms with van der Waals surface area (Å²) in [5, 5.41) is 5.98. The van der Waals surface area contributed by atoms with E-state index in [4.69, 9.17) is 4.74 Å². The second-order valence-electron chi connectivity index (χ2n) is 4.33. The Kier molecular flexibility index (Phi) is 3.85. The van der Waals surface area contributed by atoms with Gasteiger partial charge in [-0.1, -0.05) is 6.07 Å². The van der Waals surface area contributed by atoms with Crippen LogP contribution in [0.25, 0.3) is 0 Å². The Morgan fingerprint density at radius 3 is 3.00 bits per heavy atom. The third-order valence-electron chi connectivity index (χ3n) is 2.81. The van der Waals surface area contributed by atoms with Gasteiger partial charge in [0.15, 0.2) is 0 Å². The molecule has 1 fully saturated rings. The smallest absolute Gasteiger partial charge is 0.239 e. The minimum absolute atomic E-state index is 0.0414. The zero-order valence-corrected chi connectivity index (χ0v) is 10.0. The summed E-state index contributed by atoms with van der Waals surface area (Å²) < 4.78 is 5.11. The van der Waals surface area contributed by atoms with E-state index < -0.39 is 0 Å². The van der Waals surface area contributed by atoms with Crippen LogP contribution in [0.4, 0.5) is 5.69 Å². The highest BCUT2D eigenvalue weighted by atomic mass is 16.5. The third-order valence-corrected chi connectivity index (χ3v) is 2.81. The molecule has 1 amide bonds. The van der Waals surface area contributed by atoms with Crippen LogP contribution in [-0.2, 0) is 4.79 Å². The largest absolute Gasteiger partial charge is 0.497 e. The molecule has 2 rings (SSSR count). The molecule has 17 heavy (non-hydrogen) atoms. The summed E-state index contributed by atoms with van der Waals surface area (Å²) in [6.07, 6.45) is 2.51. The lowest BCUT2D eigenvalue weighted by atomic mass is 10.3. The number of amides is 1. The Balaban J connectivity index is 1.73. The van der Waals surface area contributed by atoms with Crippen molar-refractivity contribution in [1.82, 2.24) is 5.32 Å². The van der Waals surface area contributed by atoms with Crippen molar-refractivity contribution >= 4 is 11.6 Å². The third kappa shape index (κ3) is 3.98. The van der Waals surface area contributed by atoms with Crippen molar-refractivity contribution in [3.8, 4) is 5.75 Å². The molecule has 0 bridgehead atoms. The minimum atomic E-state index is 0.0414. The van der Waals surface area contributed by atoms with E-state index in [-0.39, 0.29) is 5.91 Å². The van der Waals surface area contributed by atoms with Crippen molar-refractivity contribution in [1.29, 1.82) is 0 Å². The zero-order valence-electron chi connectivity index (χ0n) is 10.0. The van der Waals surface area contributed by atoms with E-state index in [2.05, 4.69) is 10.6 Å². The second kappa shape index (κ2) is 5.57. The van der Waals surface area contributed by atoms with Gasteiger partial charge in [-0.25, -0.2) is 0 Å². The number of hydrogen-bond acceptors (Lipinski definition) is 3. The molecule has 2 N–H and O–H groups in total. The lowest BCUT2D eigenvalue weighted by Gasteiger charge is -2.08. The van der Waals surface area contributed by atoms with E-state index in [9.17, 15) is 4.79 Å². The van der Waals surface area contributed by atoms with Gasteiger partial charge >= 0.3 is 0 Å². The Morgan fingerprint density at radius 1 is 1.47 bits per heavy atom. The maximum Gasteiger partial charge on any atom is 0.239 e. The summed E-state index contributed by atoms with van der Waals surface area (Å²) in [5.41, 5.74) is 0.894. The molecular weight excluding hydrogens is 216 g/mol. The topological polar surface area (TPSA) is 50.4 Å². The van der Waals surface area contributed by atoms with Gasteiger partial charge in [0.1, 0.15) is 5.75 Å². The molecule has 4 heteroatoms. The maximum atomic E-state index is 11.5. The average Bonchev–Trinajstić information content (AvgIpc) is 3.18. The molecule has 0 unspecified atom stereocenters. The van der Waals surface area contributed by atoms with Crippen LogP contribution in [0.1, 0.15) is 12.8 Å². The normalized spacial score (nSPS) is 14.2. The van der Waals surface area contributed by atoms with Gasteiger partial charge in [0, 0.05) is 18.3 Å². The van der Waals surface area contributed by atoms with Crippen molar-refractivity contribution in [2.24, 2.45) is 5.92 Å². The Bertz CT molecular complexity index is 389. The zero-order chi connectivity index (χ0) is 12.1. The lowest BCUT2D eigenvalue weighted by molar-refractivity contribution is -0.119. The molecule has 1 aromatic carbocycles. The summed E-state index contributed by atoms with van der Waals surface area (Å²) in [7, 11) is 1.63. The van der Waals surface area contributed by atoms with Crippen LogP contribution < -0.4 is 15.4 Å². The number of methoxy groups -OCH3 is 1. The average molecular weight is 234 g/mol. The van der Waals surface area contributed by atoms with Gasteiger partial charge in [-0.05, 0) is 30.9 Å². The van der Waals surface area contributed by atoms with Crippen molar-refractivity contribution in [2.45, 2.75) is 12.8 Å². The number of carbonyl (C=O) groups excluding carboxylic acids is 1. The standard InChI is InChI=1S/C13H18N2O2/c1-17-12-4-2-3-11(7-12)14-9-13(16)15-8-10-5-6-10/h2-4,7,10,14H,5-6,8-9H2,1H3,(H,15,16). The summed E-state index contributed by atoms with van der Waals surface area (Å²) in [6.45, 7) is 1.12. The SMILES string of the molecule is COc1cccc(NCC(=O)NCC2CC2)c1. The number of rotatable bonds is 6. The fourth-order valence-electron chi connectivity index (χ4n) is 1.56. The molecule has 0 saturated heterocycles. The molecular formula is C13H18N2O2. The summed E-state index contributed by atoms with van der Waals surface area (Å²) in [4.78, 5) is 11.5. The van der Waals surface area contributed by atoms with Crippen LogP contribution in [-0.4, -0.2) is 26.1 Å². The number of hydrogen-bond donors (Lipinski definition) is 2. The fourth-order valence-corrected chi connectivity index (χ4v) is 1.56. The number of anilines is 1. The van der Waals surface area contributed by atoms with Crippen molar-refractivity contribution in [3.05, 3.63) is 24.3 Å². The first-order chi connectivity index (χ1) is 8.28. The van der Waals surface area contributed by atoms with E-state index in [0.717, 1.165) is 23.9 Å². The first-order valence-corrected chi connectivity index (χ1v) is 5.92. The van der Waals surface area contributed by atoms with Crippen LogP contribution in [0.3, 0.4) is 0 Å². The first kappa shape index (κ1) is 11.8. The molecule has 0 radical (unpaired) electrons. The van der Waals surface area contributed by atoms with E-state index in [1.165, 1.54) is 12.8 Å². The molecule has 0 aliphatic heterocycles. The van der Waals surface area contributed by atoms with E-state index in [1.54, 1.807) is 7.11 Å². The van der Waals surface area contributed by atoms with Crippen LogP contribution >= 0.6 is 0 Å². The van der Waals surface area contributed by atoms with Crippen molar-refractivity contribution in [2.75, 3.05) is 25.5 Å². The van der Waals surface area contributed by atoms with Gasteiger partial charge in [-0.15, -0.1) is 0 Å². The molecule has 0 aromatic heterocycles. The van der Waals surface area contributed by atoms with Gasteiger partial charge in [0.2, 0.25) is 5.91 Å². The minimum Gasteiger partial charge on any atom is -0.497 e. The van der Waals surface area contributed by atoms with E-state index in [1.807, 2.05) is 24.3 Å². The number of benzene rings is 1. The number of ether oxygens (including phenoxy) is 1. The highest BCUT2D eigenvalue weighted by molar-refractivity contribution is 5.80. The lowest BCUT2D eigenvalue weighted by Crippen LogP contribution is -2.31. The Labute approximate surface area is 101 Å². The van der Waals surface area contributed by atoms with E-state index >= 15 is 0 Å². The summed E-state index contributed by atoms with van der Waals surface area (Å²) in [5.74, 6) is 1.55. The molecule has 1 saturated carbocycles. The van der Waals surface area contributed by atoms with Crippen LogP contribution in [0.15, 0.2) is 24.3 Å². The molecule has 0 atom stereocenters. The second-order valence-corrected chi connectivity index (χ2v) is 4.33. The summed E-state index contributed by atoms with van der Waals surface area (Å²) in [6, 6.07) is 7.55. The predicted octanol–water partition coefficient (Wildman–Crippen LogP) is 1.63. The van der Waals surface area contributed by atoms with Gasteiger partial charge in [0.25, 0.3) is 0 Å². The molecule has 1 aliphatic carbocycles. The molecule has 1 aromatic rings. The van der Waals surface area contributed by atoms with Gasteiger partial charge in [0.05, 0.1) is 13.7 Å². The maximum absolute atomic E-state index is 11.5. The monoisotopic (exact) mass is 234 g/mol. The van der Waals surface area contributed by atoms with E-state index in [0.29, 0.717) is 6.54 Å². The highest BCUT2D eigenvalue weighted by Gasteiger charge is 2.21. The molecule has 0 heterocycles. The van der Waals surface area contributed by atoms with Gasteiger partial charge in [-0.3, -0.25) is 4.79 Å². The van der Waals surface area contributed by atoms with Gasteiger partial charge < -0.3 is 15.4 Å². The fraction of sp³-hybridized carbons (Fsp3) is 0.462. The van der Waals surface area contributed by atoms with Crippen molar-refractivity contribution in [3.63, 3.8) is 0 Å². The van der Waals surface area contributed by atoms with Crippen LogP contribution in [0.5, 0.6) is 5.75 Å². The number of nitrogens with one attached hydrogen (secondary N) is 2. The van der Waals surface area contributed by atoms with Crippen LogP contribution in [0.2, 0.25) is 0 Å². The molecule has 1 aliphatic rings. The Morgan fingerprint density at radius 2 is 2.29 bits per heavy atom. The first-order valence-electron chi connectivity index (χ1n) is 5.92. The number of carbonyl (C=O) groups is 1. The van der Waals surface area contributed by atoms with Crippen LogP contribution in [0, 0.1) is 5.92 Å². The summed E-state index contributed by atoms with van der Waals surface area (Å²) >= 11 is 0. The van der Waals surface area contributed by atoms with Crippen molar-refractivity contribution < 1.29 is 9.53 Å². The molecule has 0 spiro atoms. The highest BCUT2D eigenvalue weighted by Crippen LogP contribution is 2.27. The Hall–Kier alpha value is -1.71. The molecule has 4 nitrogen and oxygen atoms in total. The predicted molar refractivity (Wildman–Crippen MR) is 67.2 cm³/mol. The van der Waals surface area contributed by atoms with Gasteiger partial charge in [-0.2, -0.15) is 0 Å². The quantitative estimate of drug-likeness (QED) is 0.786. The molecule has 92 valence electrons.